The van der Waals surface area contributed by atoms with Crippen molar-refractivity contribution in [2.45, 2.75) is 6.42 Å². The summed E-state index contributed by atoms with van der Waals surface area (Å²) in [5, 5.41) is 2.80. The third-order valence-electron chi connectivity index (χ3n) is 3.55. The summed E-state index contributed by atoms with van der Waals surface area (Å²) in [5.74, 6) is 0.679. The lowest BCUT2D eigenvalue weighted by Gasteiger charge is -2.10. The highest BCUT2D eigenvalue weighted by Crippen LogP contribution is 2.17. The summed E-state index contributed by atoms with van der Waals surface area (Å²) in [6.07, 6.45) is 0.670. The number of methoxy groups -OCH3 is 2. The van der Waals surface area contributed by atoms with Crippen LogP contribution >= 0.6 is 0 Å². The molecule has 6 nitrogen and oxygen atoms in total. The molecule has 0 spiro atoms. The van der Waals surface area contributed by atoms with Gasteiger partial charge in [-0.1, -0.05) is 18.2 Å². The number of carbonyl (C=O) groups is 2. The van der Waals surface area contributed by atoms with Gasteiger partial charge in [-0.05, 0) is 42.3 Å². The number of hydrogen-bond acceptors (Lipinski definition) is 5. The van der Waals surface area contributed by atoms with Crippen LogP contribution in [0.25, 0.3) is 0 Å². The molecule has 0 bridgehead atoms. The van der Waals surface area contributed by atoms with E-state index in [4.69, 9.17) is 9.47 Å². The molecule has 0 fully saturated rings. The summed E-state index contributed by atoms with van der Waals surface area (Å²) in [6, 6.07) is 14.1. The molecule has 0 saturated heterocycles. The molecule has 6 heteroatoms. The normalized spacial score (nSPS) is 10.0. The Balaban J connectivity index is 1.74. The summed E-state index contributed by atoms with van der Waals surface area (Å²) < 4.78 is 15.3. The van der Waals surface area contributed by atoms with Crippen LogP contribution in [0.3, 0.4) is 0 Å². The van der Waals surface area contributed by atoms with E-state index >= 15 is 0 Å². The number of carbonyl (C=O) groups excluding carboxylic acids is 2. The zero-order valence-electron chi connectivity index (χ0n) is 14.3. The Kier molecular flexibility index (Phi) is 6.83. The summed E-state index contributed by atoms with van der Waals surface area (Å²) in [4.78, 5) is 23.2. The minimum atomic E-state index is -0.416. The zero-order valence-corrected chi connectivity index (χ0v) is 14.3. The Morgan fingerprint density at radius 1 is 1.00 bits per heavy atom. The predicted molar refractivity (Wildman–Crippen MR) is 93.0 cm³/mol. The second-order valence-electron chi connectivity index (χ2n) is 5.22. The van der Waals surface area contributed by atoms with Gasteiger partial charge in [-0.25, -0.2) is 4.79 Å². The molecule has 132 valence electrons. The number of esters is 1. The van der Waals surface area contributed by atoms with Crippen molar-refractivity contribution in [2.75, 3.05) is 27.4 Å². The summed E-state index contributed by atoms with van der Waals surface area (Å²) in [6.45, 7) is 0.396. The first kappa shape index (κ1) is 18.3. The SMILES string of the molecule is COC(=O)c1ccc(OCC(=O)NCCc2ccccc2OC)cc1. The van der Waals surface area contributed by atoms with Gasteiger partial charge in [0.25, 0.3) is 5.91 Å². The minimum Gasteiger partial charge on any atom is -0.496 e. The van der Waals surface area contributed by atoms with E-state index in [1.165, 1.54) is 7.11 Å². The van der Waals surface area contributed by atoms with Gasteiger partial charge in [-0.2, -0.15) is 0 Å². The van der Waals surface area contributed by atoms with Crippen LogP contribution in [0.15, 0.2) is 48.5 Å². The Morgan fingerprint density at radius 2 is 1.72 bits per heavy atom. The van der Waals surface area contributed by atoms with Gasteiger partial charge in [0.15, 0.2) is 6.61 Å². The second-order valence-corrected chi connectivity index (χ2v) is 5.22. The van der Waals surface area contributed by atoms with Crippen LogP contribution < -0.4 is 14.8 Å². The third kappa shape index (κ3) is 5.53. The van der Waals surface area contributed by atoms with Gasteiger partial charge in [0, 0.05) is 6.54 Å². The summed E-state index contributed by atoms with van der Waals surface area (Å²) in [5.41, 5.74) is 1.46. The number of nitrogens with one attached hydrogen (secondary N) is 1. The van der Waals surface area contributed by atoms with Crippen molar-refractivity contribution in [3.63, 3.8) is 0 Å². The van der Waals surface area contributed by atoms with Gasteiger partial charge < -0.3 is 19.5 Å². The number of rotatable bonds is 8. The fourth-order valence-electron chi connectivity index (χ4n) is 2.25. The molecular formula is C19H21NO5. The number of ether oxygens (including phenoxy) is 3. The molecule has 25 heavy (non-hydrogen) atoms. The van der Waals surface area contributed by atoms with Crippen molar-refractivity contribution in [3.8, 4) is 11.5 Å². The van der Waals surface area contributed by atoms with E-state index in [0.717, 1.165) is 11.3 Å². The van der Waals surface area contributed by atoms with Gasteiger partial charge in [-0.15, -0.1) is 0 Å². The number of benzene rings is 2. The van der Waals surface area contributed by atoms with Crippen LogP contribution in [-0.4, -0.2) is 39.2 Å². The highest BCUT2D eigenvalue weighted by molar-refractivity contribution is 5.89. The van der Waals surface area contributed by atoms with Crippen molar-refractivity contribution in [1.29, 1.82) is 0 Å². The van der Waals surface area contributed by atoms with E-state index in [1.54, 1.807) is 31.4 Å². The first-order chi connectivity index (χ1) is 12.1. The van der Waals surface area contributed by atoms with E-state index < -0.39 is 5.97 Å². The lowest BCUT2D eigenvalue weighted by Crippen LogP contribution is -2.30. The molecule has 0 aliphatic heterocycles. The fraction of sp³-hybridized carbons (Fsp3) is 0.263. The molecule has 0 unspecified atom stereocenters. The van der Waals surface area contributed by atoms with Crippen molar-refractivity contribution in [1.82, 2.24) is 5.32 Å². The molecule has 1 amide bonds. The maximum atomic E-state index is 11.8. The van der Waals surface area contributed by atoms with Gasteiger partial charge in [0.2, 0.25) is 0 Å². The molecule has 0 heterocycles. The highest BCUT2D eigenvalue weighted by atomic mass is 16.5. The number of para-hydroxylation sites is 1. The number of amides is 1. The quantitative estimate of drug-likeness (QED) is 0.744. The molecular weight excluding hydrogens is 322 g/mol. The van der Waals surface area contributed by atoms with E-state index in [0.29, 0.717) is 24.3 Å². The van der Waals surface area contributed by atoms with Crippen LogP contribution in [0.1, 0.15) is 15.9 Å². The van der Waals surface area contributed by atoms with Crippen LogP contribution in [0, 0.1) is 0 Å². The van der Waals surface area contributed by atoms with Gasteiger partial charge in [0.1, 0.15) is 11.5 Å². The topological polar surface area (TPSA) is 73.9 Å². The molecule has 2 aromatic rings. The lowest BCUT2D eigenvalue weighted by molar-refractivity contribution is -0.123. The Bertz CT molecular complexity index is 712. The van der Waals surface area contributed by atoms with Crippen molar-refractivity contribution in [3.05, 3.63) is 59.7 Å². The molecule has 0 aromatic heterocycles. The highest BCUT2D eigenvalue weighted by Gasteiger charge is 2.07. The molecule has 0 aliphatic rings. The van der Waals surface area contributed by atoms with Crippen molar-refractivity contribution < 1.29 is 23.8 Å². The number of hydrogen-bond donors (Lipinski definition) is 1. The first-order valence-electron chi connectivity index (χ1n) is 7.84. The maximum absolute atomic E-state index is 11.8. The minimum absolute atomic E-state index is 0.0938. The molecule has 0 atom stereocenters. The van der Waals surface area contributed by atoms with Crippen molar-refractivity contribution >= 4 is 11.9 Å². The average molecular weight is 343 g/mol. The molecule has 0 aliphatic carbocycles. The standard InChI is InChI=1S/C19H21NO5/c1-23-17-6-4-3-5-14(17)11-12-20-18(21)13-25-16-9-7-15(8-10-16)19(22)24-2/h3-10H,11-13H2,1-2H3,(H,20,21). The van der Waals surface area contributed by atoms with Crippen LogP contribution in [-0.2, 0) is 16.0 Å². The van der Waals surface area contributed by atoms with E-state index in [9.17, 15) is 9.59 Å². The molecule has 2 rings (SSSR count). The average Bonchev–Trinajstić information content (AvgIpc) is 2.66. The lowest BCUT2D eigenvalue weighted by atomic mass is 10.1. The third-order valence-corrected chi connectivity index (χ3v) is 3.55. The monoisotopic (exact) mass is 343 g/mol. The Labute approximate surface area is 146 Å². The summed E-state index contributed by atoms with van der Waals surface area (Å²) in [7, 11) is 2.94. The van der Waals surface area contributed by atoms with E-state index in [1.807, 2.05) is 24.3 Å². The predicted octanol–water partition coefficient (Wildman–Crippen LogP) is 2.22. The molecule has 2 aromatic carbocycles. The molecule has 0 radical (unpaired) electrons. The van der Waals surface area contributed by atoms with Crippen LogP contribution in [0.5, 0.6) is 11.5 Å². The first-order valence-corrected chi connectivity index (χ1v) is 7.84. The van der Waals surface area contributed by atoms with Gasteiger partial charge >= 0.3 is 5.97 Å². The van der Waals surface area contributed by atoms with Crippen LogP contribution in [0.4, 0.5) is 0 Å². The Morgan fingerprint density at radius 3 is 2.40 bits per heavy atom. The van der Waals surface area contributed by atoms with Gasteiger partial charge in [0.05, 0.1) is 19.8 Å². The maximum Gasteiger partial charge on any atom is 0.337 e. The zero-order chi connectivity index (χ0) is 18.1. The van der Waals surface area contributed by atoms with E-state index in [2.05, 4.69) is 10.1 Å². The van der Waals surface area contributed by atoms with Crippen LogP contribution in [0.2, 0.25) is 0 Å². The van der Waals surface area contributed by atoms with Gasteiger partial charge in [-0.3, -0.25) is 4.79 Å². The summed E-state index contributed by atoms with van der Waals surface area (Å²) >= 11 is 0. The Hall–Kier alpha value is -3.02. The molecule has 0 saturated carbocycles. The smallest absolute Gasteiger partial charge is 0.337 e. The van der Waals surface area contributed by atoms with Crippen molar-refractivity contribution in [2.24, 2.45) is 0 Å². The van der Waals surface area contributed by atoms with E-state index in [-0.39, 0.29) is 12.5 Å². The fourth-order valence-corrected chi connectivity index (χ4v) is 2.25. The second kappa shape index (κ2) is 9.32. The largest absolute Gasteiger partial charge is 0.496 e. The molecule has 1 N–H and O–H groups in total.